The number of rotatable bonds is 6. The number of benzene rings is 2. The zero-order valence-electron chi connectivity index (χ0n) is 16.2. The Morgan fingerprint density at radius 3 is 2.55 bits per heavy atom. The molecule has 0 saturated carbocycles. The minimum Gasteiger partial charge on any atom is -0.383 e. The third kappa shape index (κ3) is 3.96. The van der Waals surface area contributed by atoms with E-state index in [0.29, 0.717) is 23.2 Å². The number of hydrogen-bond donors (Lipinski definition) is 3. The zero-order valence-corrected chi connectivity index (χ0v) is 16.2. The van der Waals surface area contributed by atoms with Crippen molar-refractivity contribution in [3.63, 3.8) is 0 Å². The quantitative estimate of drug-likeness (QED) is 0.595. The topological polar surface area (TPSA) is 116 Å². The van der Waals surface area contributed by atoms with Gasteiger partial charge >= 0.3 is 0 Å². The Morgan fingerprint density at radius 1 is 1.21 bits per heavy atom. The van der Waals surface area contributed by atoms with E-state index in [1.165, 1.54) is 16.8 Å². The molecule has 0 bridgehead atoms. The largest absolute Gasteiger partial charge is 0.383 e. The number of carbonyl (C=O) groups excluding carboxylic acids is 2. The third-order valence-electron chi connectivity index (χ3n) is 4.69. The minimum absolute atomic E-state index is 0.0213. The highest BCUT2D eigenvalue weighted by atomic mass is 19.1. The second kappa shape index (κ2) is 8.14. The average Bonchev–Trinajstić information content (AvgIpc) is 3.03. The normalized spacial score (nSPS) is 10.7. The van der Waals surface area contributed by atoms with Crippen molar-refractivity contribution < 1.29 is 14.0 Å². The van der Waals surface area contributed by atoms with E-state index < -0.39 is 11.7 Å². The van der Waals surface area contributed by atoms with E-state index in [0.717, 1.165) is 5.56 Å². The summed E-state index contributed by atoms with van der Waals surface area (Å²) in [4.78, 5) is 24.1. The van der Waals surface area contributed by atoms with Crippen molar-refractivity contribution >= 4 is 17.6 Å². The molecule has 0 fully saturated rings. The molecule has 0 aliphatic heterocycles. The van der Waals surface area contributed by atoms with E-state index in [-0.39, 0.29) is 29.5 Å². The second-order valence-corrected chi connectivity index (χ2v) is 6.59. The number of amides is 2. The molecule has 7 nitrogen and oxygen atoms in total. The van der Waals surface area contributed by atoms with Crippen LogP contribution in [0.2, 0.25) is 0 Å². The molecule has 0 aliphatic carbocycles. The van der Waals surface area contributed by atoms with Crippen LogP contribution in [0.5, 0.6) is 0 Å². The molecule has 150 valence electrons. The number of halogens is 1. The van der Waals surface area contributed by atoms with Gasteiger partial charge in [-0.15, -0.1) is 0 Å². The van der Waals surface area contributed by atoms with Gasteiger partial charge in [0.15, 0.2) is 0 Å². The maximum absolute atomic E-state index is 14.7. The maximum atomic E-state index is 14.7. The highest BCUT2D eigenvalue weighted by Gasteiger charge is 2.21. The highest BCUT2D eigenvalue weighted by molar-refractivity contribution is 6.03. The summed E-state index contributed by atoms with van der Waals surface area (Å²) in [6.07, 6.45) is 0. The standard InChI is InChI=1S/C21H22FN5O2/c1-3-27-19(23)17(20(24)28)18(26-27)13-8-9-14(16(22)10-13)11-25-21(29)15-7-5-4-6-12(15)2/h4-10H,3,11,23H2,1-2H3,(H2,24,28)(H,25,29). The van der Waals surface area contributed by atoms with E-state index in [9.17, 15) is 14.0 Å². The molecule has 8 heteroatoms. The lowest BCUT2D eigenvalue weighted by Crippen LogP contribution is -2.24. The molecule has 0 aliphatic rings. The predicted molar refractivity (Wildman–Crippen MR) is 109 cm³/mol. The van der Waals surface area contributed by atoms with Crippen LogP contribution in [0, 0.1) is 12.7 Å². The molecular weight excluding hydrogens is 373 g/mol. The van der Waals surface area contributed by atoms with Gasteiger partial charge in [-0.1, -0.05) is 30.3 Å². The SMILES string of the molecule is CCn1nc(-c2ccc(CNC(=O)c3ccccc3C)c(F)c2)c(C(N)=O)c1N. The third-order valence-corrected chi connectivity index (χ3v) is 4.69. The van der Waals surface area contributed by atoms with Gasteiger partial charge in [-0.05, 0) is 31.5 Å². The molecule has 0 saturated heterocycles. The molecule has 0 atom stereocenters. The lowest BCUT2D eigenvalue weighted by Gasteiger charge is -2.09. The summed E-state index contributed by atoms with van der Waals surface area (Å²) in [5, 5.41) is 6.98. The number of carbonyl (C=O) groups is 2. The molecule has 2 aromatic carbocycles. The van der Waals surface area contributed by atoms with Crippen LogP contribution in [0.25, 0.3) is 11.3 Å². The van der Waals surface area contributed by atoms with Gasteiger partial charge in [0.1, 0.15) is 22.9 Å². The van der Waals surface area contributed by atoms with Crippen molar-refractivity contribution in [1.29, 1.82) is 0 Å². The zero-order chi connectivity index (χ0) is 21.1. The summed E-state index contributed by atoms with van der Waals surface area (Å²) in [6, 6.07) is 11.6. The number of nitrogen functional groups attached to an aromatic ring is 1. The van der Waals surface area contributed by atoms with Crippen LogP contribution in [0.15, 0.2) is 42.5 Å². The Morgan fingerprint density at radius 2 is 1.93 bits per heavy atom. The Hall–Kier alpha value is -3.68. The molecule has 0 unspecified atom stereocenters. The lowest BCUT2D eigenvalue weighted by atomic mass is 10.0. The molecule has 5 N–H and O–H groups in total. The minimum atomic E-state index is -0.729. The van der Waals surface area contributed by atoms with Crippen molar-refractivity contribution in [2.75, 3.05) is 5.73 Å². The number of aromatic nitrogens is 2. The summed E-state index contributed by atoms with van der Waals surface area (Å²) in [6.45, 7) is 4.12. The van der Waals surface area contributed by atoms with Crippen molar-refractivity contribution in [3.05, 3.63) is 70.5 Å². The van der Waals surface area contributed by atoms with E-state index in [1.54, 1.807) is 18.2 Å². The van der Waals surface area contributed by atoms with Gasteiger partial charge in [0.05, 0.1) is 0 Å². The number of anilines is 1. The first kappa shape index (κ1) is 20.1. The van der Waals surface area contributed by atoms with E-state index in [2.05, 4.69) is 10.4 Å². The van der Waals surface area contributed by atoms with Gasteiger partial charge in [-0.25, -0.2) is 9.07 Å². The van der Waals surface area contributed by atoms with Crippen molar-refractivity contribution in [2.45, 2.75) is 26.9 Å². The fourth-order valence-corrected chi connectivity index (χ4v) is 3.10. The van der Waals surface area contributed by atoms with E-state index >= 15 is 0 Å². The highest BCUT2D eigenvalue weighted by Crippen LogP contribution is 2.28. The van der Waals surface area contributed by atoms with Gasteiger partial charge in [-0.2, -0.15) is 5.10 Å². The van der Waals surface area contributed by atoms with Crippen LogP contribution >= 0.6 is 0 Å². The summed E-state index contributed by atoms with van der Waals surface area (Å²) < 4.78 is 16.1. The van der Waals surface area contributed by atoms with Crippen LogP contribution in [-0.2, 0) is 13.1 Å². The van der Waals surface area contributed by atoms with Gasteiger partial charge in [0.2, 0.25) is 0 Å². The average molecular weight is 395 g/mol. The van der Waals surface area contributed by atoms with E-state index in [1.807, 2.05) is 26.0 Å². The predicted octanol–water partition coefficient (Wildman–Crippen LogP) is 2.63. The van der Waals surface area contributed by atoms with Gasteiger partial charge in [-0.3, -0.25) is 9.59 Å². The van der Waals surface area contributed by atoms with Crippen molar-refractivity contribution in [1.82, 2.24) is 15.1 Å². The number of nitrogens with one attached hydrogen (secondary N) is 1. The van der Waals surface area contributed by atoms with Gasteiger partial charge < -0.3 is 16.8 Å². The van der Waals surface area contributed by atoms with Crippen LogP contribution in [0.4, 0.5) is 10.2 Å². The van der Waals surface area contributed by atoms with Crippen molar-refractivity contribution in [2.24, 2.45) is 5.73 Å². The Labute approximate surface area is 167 Å². The second-order valence-electron chi connectivity index (χ2n) is 6.59. The van der Waals surface area contributed by atoms with Gasteiger partial charge in [0, 0.05) is 29.8 Å². The summed E-state index contributed by atoms with van der Waals surface area (Å²) in [5.74, 6) is -1.40. The number of aryl methyl sites for hydroxylation is 2. The van der Waals surface area contributed by atoms with Crippen molar-refractivity contribution in [3.8, 4) is 11.3 Å². The Balaban J connectivity index is 1.84. The fourth-order valence-electron chi connectivity index (χ4n) is 3.10. The first-order valence-electron chi connectivity index (χ1n) is 9.12. The lowest BCUT2D eigenvalue weighted by molar-refractivity contribution is 0.0948. The molecule has 0 radical (unpaired) electrons. The molecule has 2 amide bonds. The van der Waals surface area contributed by atoms with Crippen LogP contribution in [-0.4, -0.2) is 21.6 Å². The van der Waals surface area contributed by atoms with Crippen LogP contribution in [0.3, 0.4) is 0 Å². The molecule has 1 aromatic heterocycles. The maximum Gasteiger partial charge on any atom is 0.254 e. The Bertz CT molecular complexity index is 1090. The molecule has 3 rings (SSSR count). The summed E-state index contributed by atoms with van der Waals surface area (Å²) in [5.41, 5.74) is 13.7. The number of nitrogens with two attached hydrogens (primary N) is 2. The first-order valence-corrected chi connectivity index (χ1v) is 9.12. The molecule has 0 spiro atoms. The Kier molecular flexibility index (Phi) is 5.63. The molecule has 1 heterocycles. The van der Waals surface area contributed by atoms with E-state index in [4.69, 9.17) is 11.5 Å². The smallest absolute Gasteiger partial charge is 0.254 e. The van der Waals surface area contributed by atoms with Crippen LogP contribution in [0.1, 0.15) is 38.8 Å². The fraction of sp³-hybridized carbons (Fsp3) is 0.190. The monoisotopic (exact) mass is 395 g/mol. The summed E-state index contributed by atoms with van der Waals surface area (Å²) in [7, 11) is 0. The number of hydrogen-bond acceptors (Lipinski definition) is 4. The van der Waals surface area contributed by atoms with Crippen LogP contribution < -0.4 is 16.8 Å². The molecule has 29 heavy (non-hydrogen) atoms. The summed E-state index contributed by atoms with van der Waals surface area (Å²) >= 11 is 0. The first-order chi connectivity index (χ1) is 13.8. The molecule has 3 aromatic rings. The number of primary amides is 1. The molecular formula is C21H22FN5O2. The number of nitrogens with zero attached hydrogens (tertiary/aromatic N) is 2. The van der Waals surface area contributed by atoms with Gasteiger partial charge in [0.25, 0.3) is 11.8 Å².